The van der Waals surface area contributed by atoms with Crippen LogP contribution in [-0.2, 0) is 61.4 Å². The second-order valence-electron chi connectivity index (χ2n) is 38.7. The lowest BCUT2D eigenvalue weighted by Crippen LogP contribution is -2.68. The number of aliphatic hydroxyl groups is 1. The summed E-state index contributed by atoms with van der Waals surface area (Å²) in [6.07, 6.45) is -2.24. The number of likely N-dealkylation sites (N-methyl/N-ethyl adjacent to an activating group) is 3. The Morgan fingerprint density at radius 1 is 0.387 bits per heavy atom. The van der Waals surface area contributed by atoms with E-state index in [0.29, 0.717) is 115 Å². The van der Waals surface area contributed by atoms with Gasteiger partial charge in [-0.2, -0.15) is 0 Å². The monoisotopic (exact) mass is 2090 g/mol. The number of carbonyl (C=O) groups excluding carboxylic acids is 11. The fraction of sp³-hybridized carbons (Fsp3) is 0.368. The number of esters is 4. The Bertz CT molecular complexity index is 6550. The summed E-state index contributed by atoms with van der Waals surface area (Å²) in [4.78, 5) is 167. The highest BCUT2D eigenvalue weighted by Gasteiger charge is 2.55. The maximum atomic E-state index is 13.7. The molecule has 13 rings (SSSR count). The van der Waals surface area contributed by atoms with Crippen molar-refractivity contribution < 1.29 is 105 Å². The Balaban J connectivity index is 0.000000209. The zero-order valence-corrected chi connectivity index (χ0v) is 91.8. The number of benzene rings is 7. The van der Waals surface area contributed by atoms with Gasteiger partial charge < -0.3 is 109 Å². The molecular formula is C114H142N12O22Si2. The fourth-order valence-corrected chi connectivity index (χ4v) is 27.0. The molecule has 3 aliphatic heterocycles. The number of nitrogens with one attached hydrogen (secondary N) is 9. The minimum Gasteiger partial charge on any atom is -0.508 e. The Morgan fingerprint density at radius 2 is 0.687 bits per heavy atom. The Labute approximate surface area is 878 Å². The topological polar surface area (TPSA) is 459 Å². The molecular weight excluding hydrogens is 1950 g/mol. The largest absolute Gasteiger partial charge is 0.508 e. The zero-order valence-electron chi connectivity index (χ0n) is 89.8. The van der Waals surface area contributed by atoms with E-state index < -0.39 is 88.2 Å². The van der Waals surface area contributed by atoms with E-state index in [9.17, 15) is 67.7 Å². The molecule has 3 aliphatic rings. The Morgan fingerprint density at radius 3 is 1.00 bits per heavy atom. The standard InChI is InChI=1S/C41H50N4O5Si.C26H32O9Si.C25H32N4O5.C22H28N4O3/c1-9-45(10-2)24-23-42-39(47)37-27(3)36(43-28(37)4)26-34-33-25-30(21-22-35(33)44-38(34)46)49-40(48)29(5)50-51(41(6,7)8,31-17-13-11-14-18-31)32-19-15-12-16-20-32;1-17(22(27)28)32-23(29)18(2)33-24(30)19(3)34-25(31)35-36(26(4,5)6,20-13-9-7-10-14-20)21-15-11-8-12-16-21;1-6-29(7-2)11-10-26-24(32)22-14(3)21(27-15(22)4)13-19-18-12-17(34-25(33)16(5)30)8-9-20(18)28-23(19)31;1-5-26(6-2)10-9-23-22(29)20-13(3)19(24-14(20)4)12-17-16-11-15(27)7-8-18(16)25-21(17)28/h11-22,25-26,29,43H,9-10,23-24H2,1-8H3,(H,42,47)(H,44,46);7-19H,1-6H3,(H,27,28);8-9,12-13,16,27,30H,6-7,10-11H2,1-5H3,(H,26,32)(H,28,31);7-8,11-12,24,27H,5-6,9-10H2,1-4H3,(H,23,29)(H,25,28)/b34-26-;;19-13+;17-12-/t29-;17-,18-,19+;16-;/m010./s1. The van der Waals surface area contributed by atoms with Crippen molar-refractivity contribution in [1.82, 2.24) is 45.6 Å². The van der Waals surface area contributed by atoms with Crippen molar-refractivity contribution in [3.63, 3.8) is 0 Å². The number of hydrogen-bond donors (Lipinski definition) is 12. The second kappa shape index (κ2) is 52.3. The lowest BCUT2D eigenvalue weighted by molar-refractivity contribution is -0.178. The molecule has 150 heavy (non-hydrogen) atoms. The van der Waals surface area contributed by atoms with E-state index in [-0.39, 0.29) is 52.0 Å². The number of rotatable bonds is 38. The Kier molecular flexibility index (Phi) is 40.8. The number of nitrogens with zero attached hydrogens (tertiary/aromatic N) is 3. The predicted molar refractivity (Wildman–Crippen MR) is 586 cm³/mol. The summed E-state index contributed by atoms with van der Waals surface area (Å²) in [6.45, 7) is 52.4. The van der Waals surface area contributed by atoms with Gasteiger partial charge in [0, 0.05) is 112 Å². The van der Waals surface area contributed by atoms with Crippen molar-refractivity contribution in [3.8, 4) is 17.2 Å². The highest BCUT2D eigenvalue weighted by molar-refractivity contribution is 7.00. The molecule has 0 bridgehead atoms. The van der Waals surface area contributed by atoms with Gasteiger partial charge in [0.2, 0.25) is 0 Å². The SMILES string of the molecule is CCN(CC)CCNC(=O)c1c(C)[nH]c(/C=C2/C(=O)Nc3ccc(OC(=O)[C@H](C)O)cc32)c1C.CCN(CC)CCNC(=O)c1c(C)[nH]c(/C=C2\C(=O)Nc3ccc(O)cc32)c1C.CCN(CC)CCNC(=O)c1c(C)[nH]c(/C=C2\C(=O)Nc3ccc(OC(=O)[C@H](C)O[Si](c4ccccc4)(c4ccccc4)C(C)(C)C)cc32)c1C.C[C@H](OC(=O)O[Si](c1ccccc1)(c1ccccc1)C(C)(C)C)C(=O)O[C@H](C)C(=O)O[C@H](C)C(=O)O. The molecule has 12 N–H and O–H groups in total. The van der Waals surface area contributed by atoms with Crippen LogP contribution in [0.15, 0.2) is 176 Å². The highest BCUT2D eigenvalue weighted by Crippen LogP contribution is 2.43. The highest BCUT2D eigenvalue weighted by atomic mass is 28.4. The van der Waals surface area contributed by atoms with Gasteiger partial charge in [0.1, 0.15) is 29.5 Å². The van der Waals surface area contributed by atoms with Crippen molar-refractivity contribution in [3.05, 3.63) is 260 Å². The Hall–Kier alpha value is -14.9. The number of amides is 6. The van der Waals surface area contributed by atoms with Crippen LogP contribution in [0, 0.1) is 41.5 Å². The van der Waals surface area contributed by atoms with E-state index in [1.54, 1.807) is 73.7 Å². The third-order valence-electron chi connectivity index (χ3n) is 26.5. The number of aryl methyl sites for hydroxylation is 3. The van der Waals surface area contributed by atoms with E-state index in [4.69, 9.17) is 37.6 Å². The number of ether oxygens (including phenoxy) is 5. The van der Waals surface area contributed by atoms with E-state index in [0.717, 1.165) is 108 Å². The van der Waals surface area contributed by atoms with Gasteiger partial charge in [0.05, 0.1) is 33.4 Å². The van der Waals surface area contributed by atoms with Gasteiger partial charge >= 0.3 is 44.3 Å². The van der Waals surface area contributed by atoms with Crippen LogP contribution in [0.3, 0.4) is 0 Å². The van der Waals surface area contributed by atoms with Crippen LogP contribution in [0.4, 0.5) is 21.9 Å². The van der Waals surface area contributed by atoms with E-state index in [2.05, 4.69) is 148 Å². The molecule has 0 saturated carbocycles. The average molecular weight is 2090 g/mol. The third kappa shape index (κ3) is 28.4. The fourth-order valence-electron chi connectivity index (χ4n) is 18.2. The molecule has 5 atom stereocenters. The number of carbonyl (C=O) groups is 12. The molecule has 0 unspecified atom stereocenters. The molecule has 3 aromatic heterocycles. The number of aromatic hydroxyl groups is 1. The number of fused-ring (bicyclic) bond motifs is 3. The zero-order chi connectivity index (χ0) is 110. The summed E-state index contributed by atoms with van der Waals surface area (Å²) in [5.41, 5.74) is 13.1. The number of hydrogen-bond acceptors (Lipinski definition) is 24. The molecule has 6 amide bonds. The van der Waals surface area contributed by atoms with E-state index in [1.807, 2.05) is 159 Å². The first kappa shape index (κ1) is 117. The summed E-state index contributed by atoms with van der Waals surface area (Å²) >= 11 is 0. The summed E-state index contributed by atoms with van der Waals surface area (Å²) in [6, 6.07) is 53.7. The number of anilines is 3. The summed E-state index contributed by atoms with van der Waals surface area (Å²) in [5, 5.41) is 48.5. The second-order valence-corrected chi connectivity index (χ2v) is 47.2. The molecule has 36 heteroatoms. The molecule has 798 valence electrons. The van der Waals surface area contributed by atoms with Crippen molar-refractivity contribution in [2.45, 2.75) is 200 Å². The number of aromatic nitrogens is 3. The minimum absolute atomic E-state index is 0.0961. The van der Waals surface area contributed by atoms with Crippen molar-refractivity contribution >= 4 is 161 Å². The van der Waals surface area contributed by atoms with Crippen LogP contribution in [-0.4, -0.2) is 242 Å². The molecule has 34 nitrogen and oxygen atoms in total. The molecule has 6 heterocycles. The van der Waals surface area contributed by atoms with Crippen LogP contribution >= 0.6 is 0 Å². The third-order valence-corrected chi connectivity index (χ3v) is 36.5. The maximum Gasteiger partial charge on any atom is 0.495 e. The number of carboxylic acid groups (broad SMARTS) is 1. The number of aromatic amines is 3. The van der Waals surface area contributed by atoms with Crippen molar-refractivity contribution in [2.24, 2.45) is 0 Å². The number of phenolic OH excluding ortho intramolecular Hbond substituents is 1. The number of aliphatic carboxylic acids is 1. The first-order valence-electron chi connectivity index (χ1n) is 50.5. The number of aliphatic hydroxyl groups excluding tert-OH is 1. The quantitative estimate of drug-likeness (QED) is 0.00427. The van der Waals surface area contributed by atoms with E-state index >= 15 is 0 Å². The molecule has 0 saturated heterocycles. The summed E-state index contributed by atoms with van der Waals surface area (Å²) < 4.78 is 39.2. The first-order chi connectivity index (χ1) is 71.1. The van der Waals surface area contributed by atoms with Gasteiger partial charge in [-0.25, -0.2) is 28.8 Å². The first-order valence-corrected chi connectivity index (χ1v) is 54.3. The number of carboxylic acids is 1. The molecule has 0 fully saturated rings. The van der Waals surface area contributed by atoms with Gasteiger partial charge in [-0.05, 0) is 231 Å². The normalized spacial score (nSPS) is 14.4. The predicted octanol–water partition coefficient (Wildman–Crippen LogP) is 14.5. The number of H-pyrrole nitrogens is 3. The van der Waals surface area contributed by atoms with Crippen LogP contribution in [0.5, 0.6) is 17.2 Å². The summed E-state index contributed by atoms with van der Waals surface area (Å²) in [5.74, 6) is -5.35. The van der Waals surface area contributed by atoms with E-state index in [1.165, 1.54) is 33.8 Å². The molecule has 0 aliphatic carbocycles. The lowest BCUT2D eigenvalue weighted by Gasteiger charge is -2.44. The van der Waals surface area contributed by atoms with Crippen LogP contribution in [0.1, 0.15) is 216 Å². The average Bonchev–Trinajstić information content (AvgIpc) is 1.44. The van der Waals surface area contributed by atoms with Crippen LogP contribution < -0.4 is 62.1 Å². The maximum absolute atomic E-state index is 13.7. The molecule has 7 aromatic carbocycles. The van der Waals surface area contributed by atoms with Crippen molar-refractivity contribution in [2.75, 3.05) is 94.5 Å². The van der Waals surface area contributed by atoms with Crippen molar-refractivity contribution in [1.29, 1.82) is 0 Å². The van der Waals surface area contributed by atoms with Gasteiger partial charge in [0.15, 0.2) is 18.3 Å². The summed E-state index contributed by atoms with van der Waals surface area (Å²) in [7, 11) is -6.25. The minimum atomic E-state index is -3.25. The van der Waals surface area contributed by atoms with Gasteiger partial charge in [-0.15, -0.1) is 0 Å². The van der Waals surface area contributed by atoms with Gasteiger partial charge in [0.25, 0.3) is 43.8 Å². The molecule has 0 radical (unpaired) electrons. The lowest BCUT2D eigenvalue weighted by atomic mass is 10.0. The van der Waals surface area contributed by atoms with Gasteiger partial charge in [-0.3, -0.25) is 28.8 Å². The molecule has 10 aromatic rings. The number of phenols is 1. The molecule has 0 spiro atoms. The van der Waals surface area contributed by atoms with Crippen LogP contribution in [0.25, 0.3) is 34.9 Å². The van der Waals surface area contributed by atoms with Crippen LogP contribution in [0.2, 0.25) is 10.1 Å². The smallest absolute Gasteiger partial charge is 0.495 e. The van der Waals surface area contributed by atoms with Gasteiger partial charge in [-0.1, -0.05) is 204 Å².